The molecule has 184 valence electrons. The normalized spacial score (nSPS) is 19.5. The van der Waals surface area contributed by atoms with E-state index in [1.165, 1.54) is 6.42 Å². The number of hydrogen-bond donors (Lipinski definition) is 2. The van der Waals surface area contributed by atoms with E-state index in [0.29, 0.717) is 49.7 Å². The molecule has 3 rings (SSSR count). The monoisotopic (exact) mass is 467 g/mol. The molecule has 1 unspecified atom stereocenters. The molecule has 0 radical (unpaired) electrons. The first kappa shape index (κ1) is 25.7. The number of carbonyl (C=O) groups is 2. The van der Waals surface area contributed by atoms with Gasteiger partial charge in [0.05, 0.1) is 12.7 Å². The maximum atomic E-state index is 13.9. The third-order valence-corrected chi connectivity index (χ3v) is 7.01. The van der Waals surface area contributed by atoms with Crippen LogP contribution in [0.15, 0.2) is 35.3 Å². The van der Waals surface area contributed by atoms with Crippen LogP contribution in [0.5, 0.6) is 0 Å². The molecule has 1 atom stereocenters. The number of rotatable bonds is 7. The predicted octanol–water partition coefficient (Wildman–Crippen LogP) is 3.62. The Bertz CT molecular complexity index is 883. The van der Waals surface area contributed by atoms with Crippen LogP contribution in [0.4, 0.5) is 4.79 Å². The van der Waals surface area contributed by atoms with Gasteiger partial charge in [-0.2, -0.15) is 5.26 Å². The largest absolute Gasteiger partial charge is 0.450 e. The van der Waals surface area contributed by atoms with Crippen molar-refractivity contribution in [2.24, 2.45) is 10.9 Å². The van der Waals surface area contributed by atoms with Gasteiger partial charge in [0, 0.05) is 12.6 Å². The Morgan fingerprint density at radius 1 is 1.24 bits per heavy atom. The fourth-order valence-electron chi connectivity index (χ4n) is 4.94. The molecule has 1 saturated heterocycles. The van der Waals surface area contributed by atoms with Crippen molar-refractivity contribution in [1.82, 2.24) is 15.5 Å². The van der Waals surface area contributed by atoms with Gasteiger partial charge >= 0.3 is 6.09 Å². The van der Waals surface area contributed by atoms with Crippen molar-refractivity contribution in [3.8, 4) is 6.07 Å². The van der Waals surface area contributed by atoms with Crippen LogP contribution >= 0.6 is 0 Å². The molecule has 2 fully saturated rings. The van der Waals surface area contributed by atoms with Crippen LogP contribution in [0.1, 0.15) is 63.9 Å². The Labute approximate surface area is 202 Å². The molecule has 2 amide bonds. The van der Waals surface area contributed by atoms with Gasteiger partial charge in [-0.15, -0.1) is 0 Å². The van der Waals surface area contributed by atoms with E-state index in [1.54, 1.807) is 18.9 Å². The predicted molar refractivity (Wildman–Crippen MR) is 131 cm³/mol. The Morgan fingerprint density at radius 3 is 2.53 bits per heavy atom. The first-order valence-electron chi connectivity index (χ1n) is 12.5. The molecule has 0 spiro atoms. The minimum absolute atomic E-state index is 0.173. The van der Waals surface area contributed by atoms with Gasteiger partial charge in [0.1, 0.15) is 17.4 Å². The van der Waals surface area contributed by atoms with Crippen LogP contribution in [0.3, 0.4) is 0 Å². The van der Waals surface area contributed by atoms with Crippen molar-refractivity contribution in [3.05, 3.63) is 35.9 Å². The highest BCUT2D eigenvalue weighted by atomic mass is 16.5. The summed E-state index contributed by atoms with van der Waals surface area (Å²) in [6, 6.07) is 11.0. The van der Waals surface area contributed by atoms with E-state index in [-0.39, 0.29) is 12.5 Å². The number of nitriles is 1. The molecule has 1 aromatic carbocycles. The van der Waals surface area contributed by atoms with Crippen molar-refractivity contribution >= 4 is 17.8 Å². The molecule has 1 aliphatic heterocycles. The van der Waals surface area contributed by atoms with Crippen molar-refractivity contribution in [2.75, 3.05) is 26.7 Å². The Hall–Kier alpha value is -2.92. The molecular weight excluding hydrogens is 430 g/mol. The smallest absolute Gasteiger partial charge is 0.412 e. The fourth-order valence-corrected chi connectivity index (χ4v) is 4.94. The molecule has 2 N–H and O–H groups in total. The van der Waals surface area contributed by atoms with E-state index in [0.717, 1.165) is 25.7 Å². The van der Waals surface area contributed by atoms with E-state index < -0.39 is 17.7 Å². The molecule has 0 bridgehead atoms. The summed E-state index contributed by atoms with van der Waals surface area (Å²) in [5.74, 6) is 0.538. The highest BCUT2D eigenvalue weighted by molar-refractivity contribution is 6.07. The highest BCUT2D eigenvalue weighted by Crippen LogP contribution is 2.31. The van der Waals surface area contributed by atoms with Crippen LogP contribution in [0.2, 0.25) is 0 Å². The molecule has 0 aromatic heterocycles. The average molecular weight is 468 g/mol. The van der Waals surface area contributed by atoms with Gasteiger partial charge in [0.25, 0.3) is 0 Å². The van der Waals surface area contributed by atoms with E-state index in [2.05, 4.69) is 16.7 Å². The first-order chi connectivity index (χ1) is 16.5. The van der Waals surface area contributed by atoms with E-state index >= 15 is 0 Å². The number of aliphatic imine (C=N–C) groups is 1. The van der Waals surface area contributed by atoms with E-state index in [9.17, 15) is 14.9 Å². The molecule has 8 nitrogen and oxygen atoms in total. The summed E-state index contributed by atoms with van der Waals surface area (Å²) in [6.45, 7) is 3.37. The third kappa shape index (κ3) is 6.57. The highest BCUT2D eigenvalue weighted by Gasteiger charge is 2.41. The summed E-state index contributed by atoms with van der Waals surface area (Å²) < 4.78 is 5.09. The molecule has 1 heterocycles. The molecule has 1 aromatic rings. The minimum atomic E-state index is -0.843. The second-order valence-electron chi connectivity index (χ2n) is 9.24. The quantitative estimate of drug-likeness (QED) is 0.470. The van der Waals surface area contributed by atoms with Crippen LogP contribution in [0.25, 0.3) is 0 Å². The molecule has 8 heteroatoms. The lowest BCUT2D eigenvalue weighted by Crippen LogP contribution is -2.56. The fraction of sp³-hybridized carbons (Fsp3) is 0.615. The standard InChI is InChI=1S/C26H37N5O3/c1-3-34-25(33)30-23(21-12-8-5-9-13-21)29-22(18-20-10-6-4-7-11-20)24(32)31(2)26(19-27)14-16-28-17-15-26/h5,8-9,12-13,20,22,28H,3-4,6-7,10-11,14-18H2,1-2H3,(H,29,30,33). The number of amidine groups is 1. The van der Waals surface area contributed by atoms with Crippen molar-refractivity contribution in [1.29, 1.82) is 5.26 Å². The van der Waals surface area contributed by atoms with Gasteiger partial charge in [0.15, 0.2) is 0 Å². The zero-order valence-corrected chi connectivity index (χ0v) is 20.4. The SMILES string of the molecule is CCOC(=O)NC(=NC(CC1CCCCC1)C(=O)N(C)C1(C#N)CCNCC1)c1ccccc1. The number of piperidine rings is 1. The second kappa shape index (κ2) is 12.5. The van der Waals surface area contributed by atoms with Gasteiger partial charge in [-0.1, -0.05) is 62.4 Å². The zero-order chi connectivity index (χ0) is 24.4. The lowest BCUT2D eigenvalue weighted by Gasteiger charge is -2.40. The van der Waals surface area contributed by atoms with Gasteiger partial charge < -0.3 is 15.0 Å². The number of carbonyl (C=O) groups excluding carboxylic acids is 2. The molecule has 34 heavy (non-hydrogen) atoms. The summed E-state index contributed by atoms with van der Waals surface area (Å²) in [5.41, 5.74) is -0.138. The summed E-state index contributed by atoms with van der Waals surface area (Å²) >= 11 is 0. The summed E-state index contributed by atoms with van der Waals surface area (Å²) in [5, 5.41) is 16.0. The number of amides is 2. The molecule has 1 aliphatic carbocycles. The number of benzene rings is 1. The van der Waals surface area contributed by atoms with Crippen molar-refractivity contribution in [3.63, 3.8) is 0 Å². The molecule has 2 aliphatic rings. The average Bonchev–Trinajstić information content (AvgIpc) is 2.88. The van der Waals surface area contributed by atoms with Crippen LogP contribution < -0.4 is 10.6 Å². The zero-order valence-electron chi connectivity index (χ0n) is 20.4. The topological polar surface area (TPSA) is 107 Å². The first-order valence-corrected chi connectivity index (χ1v) is 12.5. The number of likely N-dealkylation sites (N-methyl/N-ethyl adjacent to an activating group) is 1. The van der Waals surface area contributed by atoms with E-state index in [4.69, 9.17) is 9.73 Å². The number of ether oxygens (including phenoxy) is 1. The third-order valence-electron chi connectivity index (χ3n) is 7.01. The maximum absolute atomic E-state index is 13.9. The van der Waals surface area contributed by atoms with Crippen molar-refractivity contribution < 1.29 is 14.3 Å². The number of nitrogens with one attached hydrogen (secondary N) is 2. The van der Waals surface area contributed by atoms with Crippen molar-refractivity contribution in [2.45, 2.75) is 69.9 Å². The molecular formula is C26H37N5O3. The van der Waals surface area contributed by atoms with Gasteiger partial charge in [-0.3, -0.25) is 15.1 Å². The molecule has 1 saturated carbocycles. The van der Waals surface area contributed by atoms with Gasteiger partial charge in [0.2, 0.25) is 5.91 Å². The Kier molecular flexibility index (Phi) is 9.46. The summed E-state index contributed by atoms with van der Waals surface area (Å²) in [6.07, 6.45) is 6.85. The second-order valence-corrected chi connectivity index (χ2v) is 9.24. The minimum Gasteiger partial charge on any atom is -0.450 e. The van der Waals surface area contributed by atoms with Gasteiger partial charge in [-0.05, 0) is 45.2 Å². The van der Waals surface area contributed by atoms with E-state index in [1.807, 2.05) is 30.3 Å². The number of hydrogen-bond acceptors (Lipinski definition) is 6. The van der Waals surface area contributed by atoms with Gasteiger partial charge in [-0.25, -0.2) is 4.79 Å². The summed E-state index contributed by atoms with van der Waals surface area (Å²) in [7, 11) is 1.72. The lowest BCUT2D eigenvalue weighted by molar-refractivity contribution is -0.136. The summed E-state index contributed by atoms with van der Waals surface area (Å²) in [4.78, 5) is 32.6. The maximum Gasteiger partial charge on any atom is 0.412 e. The number of alkyl carbamates (subject to hydrolysis) is 1. The number of nitrogens with zero attached hydrogens (tertiary/aromatic N) is 3. The lowest BCUT2D eigenvalue weighted by atomic mass is 9.83. The van der Waals surface area contributed by atoms with Crippen LogP contribution in [-0.2, 0) is 9.53 Å². The Balaban J connectivity index is 1.95. The van der Waals surface area contributed by atoms with Crippen LogP contribution in [-0.4, -0.2) is 61.1 Å². The van der Waals surface area contributed by atoms with Crippen LogP contribution in [0, 0.1) is 17.2 Å². The Morgan fingerprint density at radius 2 is 1.91 bits per heavy atom.